The Hall–Kier alpha value is -2.79. The van der Waals surface area contributed by atoms with E-state index >= 15 is 0 Å². The van der Waals surface area contributed by atoms with Gasteiger partial charge in [-0.1, -0.05) is 38.6 Å². The second-order valence-corrected chi connectivity index (χ2v) is 8.79. The van der Waals surface area contributed by atoms with Crippen molar-refractivity contribution in [3.05, 3.63) is 34.9 Å². The van der Waals surface area contributed by atoms with Crippen LogP contribution in [0.25, 0.3) is 0 Å². The molecule has 1 aromatic carbocycles. The minimum absolute atomic E-state index is 0.0397. The molecule has 0 aliphatic heterocycles. The Morgan fingerprint density at radius 1 is 1.31 bits per heavy atom. The molecule has 2 rings (SSSR count). The fourth-order valence-corrected chi connectivity index (χ4v) is 3.31. The minimum atomic E-state index is -0.174. The Labute approximate surface area is 176 Å². The number of aromatic nitrogens is 2. The van der Waals surface area contributed by atoms with Gasteiger partial charge >= 0.3 is 0 Å². The first kappa shape index (κ1) is 22.5. The zero-order chi connectivity index (χ0) is 21.8. The predicted octanol–water partition coefficient (Wildman–Crippen LogP) is 3.96. The summed E-state index contributed by atoms with van der Waals surface area (Å²) in [5.74, 6) is 0.843. The lowest BCUT2D eigenvalue weighted by Gasteiger charge is -2.28. The van der Waals surface area contributed by atoms with Crippen LogP contribution in [-0.4, -0.2) is 42.8 Å². The molecule has 0 spiro atoms. The van der Waals surface area contributed by atoms with Crippen molar-refractivity contribution in [2.75, 3.05) is 37.1 Å². The van der Waals surface area contributed by atoms with Crippen LogP contribution in [0.4, 0.5) is 17.3 Å². The predicted molar refractivity (Wildman–Crippen MR) is 119 cm³/mol. The molecule has 1 aromatic heterocycles. The van der Waals surface area contributed by atoms with Gasteiger partial charge in [-0.25, -0.2) is 9.97 Å². The molecule has 29 heavy (non-hydrogen) atoms. The van der Waals surface area contributed by atoms with Gasteiger partial charge in [0.2, 0.25) is 0 Å². The number of nitrogens with one attached hydrogen (secondary N) is 2. The van der Waals surface area contributed by atoms with E-state index in [1.165, 1.54) is 11.8 Å². The summed E-state index contributed by atoms with van der Waals surface area (Å²) in [5.41, 5.74) is 2.61. The number of carbonyl (C=O) groups excluding carboxylic acids is 1. The van der Waals surface area contributed by atoms with Crippen LogP contribution in [0.3, 0.4) is 0 Å². The van der Waals surface area contributed by atoms with Gasteiger partial charge in [0.05, 0.1) is 0 Å². The molecular weight excluding hydrogens is 384 g/mol. The third-order valence-corrected chi connectivity index (χ3v) is 4.76. The van der Waals surface area contributed by atoms with Crippen molar-refractivity contribution < 1.29 is 4.79 Å². The number of hydrogen-bond donors (Lipinski definition) is 2. The first-order valence-electron chi connectivity index (χ1n) is 9.26. The molecule has 7 nitrogen and oxygen atoms in total. The fourth-order valence-electron chi connectivity index (χ4n) is 2.95. The summed E-state index contributed by atoms with van der Waals surface area (Å²) in [4.78, 5) is 23.1. The van der Waals surface area contributed by atoms with Gasteiger partial charge in [0, 0.05) is 31.9 Å². The van der Waals surface area contributed by atoms with Crippen LogP contribution in [0.1, 0.15) is 42.3 Å². The molecule has 8 heteroatoms. The Bertz CT molecular complexity index is 945. The monoisotopic (exact) mass is 412 g/mol. The molecule has 0 saturated heterocycles. The second-order valence-electron chi connectivity index (χ2n) is 8.02. The van der Waals surface area contributed by atoms with Crippen molar-refractivity contribution in [2.24, 2.45) is 5.41 Å². The van der Waals surface area contributed by atoms with Gasteiger partial charge in [-0.15, -0.1) is 0 Å². The number of anilines is 3. The molecule has 2 aromatic rings. The number of amides is 1. The first-order valence-corrected chi connectivity index (χ1v) is 10.5. The molecule has 0 bridgehead atoms. The summed E-state index contributed by atoms with van der Waals surface area (Å²) < 4.78 is 0. The Morgan fingerprint density at radius 2 is 2.00 bits per heavy atom. The highest BCUT2D eigenvalue weighted by Crippen LogP contribution is 2.31. The van der Waals surface area contributed by atoms with Crippen LogP contribution in [0, 0.1) is 23.7 Å². The molecule has 0 atom stereocenters. The van der Waals surface area contributed by atoms with Crippen LogP contribution in [-0.2, 0) is 0 Å². The number of aryl methyl sites for hydroxylation is 1. The summed E-state index contributed by atoms with van der Waals surface area (Å²) >= 11 is 1.42. The molecule has 0 aliphatic rings. The van der Waals surface area contributed by atoms with E-state index in [-0.39, 0.29) is 11.3 Å². The van der Waals surface area contributed by atoms with Gasteiger partial charge in [-0.3, -0.25) is 4.79 Å². The van der Waals surface area contributed by atoms with Crippen molar-refractivity contribution in [3.63, 3.8) is 0 Å². The lowest BCUT2D eigenvalue weighted by molar-refractivity contribution is 0.0963. The molecule has 0 radical (unpaired) electrons. The SMILES string of the molecule is CNC(=O)c1ccc(C)c(Nc2nc(SC)nc(N(C)CC(C)(C)C)c2C#N)c1. The highest BCUT2D eigenvalue weighted by molar-refractivity contribution is 7.98. The molecule has 0 saturated carbocycles. The summed E-state index contributed by atoms with van der Waals surface area (Å²) in [6.45, 7) is 9.08. The number of nitriles is 1. The number of benzene rings is 1. The zero-order valence-electron chi connectivity index (χ0n) is 18.0. The molecular formula is C21H28N6OS. The summed E-state index contributed by atoms with van der Waals surface area (Å²) in [5, 5.41) is 16.3. The Morgan fingerprint density at radius 3 is 2.55 bits per heavy atom. The van der Waals surface area contributed by atoms with E-state index in [1.54, 1.807) is 19.2 Å². The van der Waals surface area contributed by atoms with Crippen LogP contribution in [0.15, 0.2) is 23.4 Å². The average Bonchev–Trinajstić information content (AvgIpc) is 2.66. The summed E-state index contributed by atoms with van der Waals surface area (Å²) in [6, 6.07) is 7.64. The highest BCUT2D eigenvalue weighted by Gasteiger charge is 2.22. The molecule has 2 N–H and O–H groups in total. The molecule has 1 heterocycles. The number of nitrogens with zero attached hydrogens (tertiary/aromatic N) is 4. The topological polar surface area (TPSA) is 93.9 Å². The molecule has 154 valence electrons. The number of carbonyl (C=O) groups is 1. The zero-order valence-corrected chi connectivity index (χ0v) is 18.9. The van der Waals surface area contributed by atoms with Gasteiger partial charge in [0.1, 0.15) is 11.6 Å². The number of rotatable bonds is 6. The van der Waals surface area contributed by atoms with Crippen LogP contribution in [0.5, 0.6) is 0 Å². The third-order valence-electron chi connectivity index (χ3n) is 4.22. The van der Waals surface area contributed by atoms with Crippen LogP contribution >= 0.6 is 11.8 Å². The van der Waals surface area contributed by atoms with Gasteiger partial charge < -0.3 is 15.5 Å². The van der Waals surface area contributed by atoms with E-state index in [1.807, 2.05) is 31.2 Å². The normalized spacial score (nSPS) is 11.0. The second kappa shape index (κ2) is 9.14. The van der Waals surface area contributed by atoms with Gasteiger partial charge in [0.15, 0.2) is 16.8 Å². The molecule has 0 fully saturated rings. The van der Waals surface area contributed by atoms with Crippen molar-refractivity contribution in [2.45, 2.75) is 32.9 Å². The largest absolute Gasteiger partial charge is 0.358 e. The highest BCUT2D eigenvalue weighted by atomic mass is 32.2. The van der Waals surface area contributed by atoms with Crippen molar-refractivity contribution in [1.82, 2.24) is 15.3 Å². The van der Waals surface area contributed by atoms with E-state index in [4.69, 9.17) is 0 Å². The lowest BCUT2D eigenvalue weighted by atomic mass is 9.96. The number of hydrogen-bond acceptors (Lipinski definition) is 7. The van der Waals surface area contributed by atoms with Gasteiger partial charge in [-0.05, 0) is 36.3 Å². The number of thioether (sulfide) groups is 1. The van der Waals surface area contributed by atoms with E-state index in [2.05, 4.69) is 47.4 Å². The first-order chi connectivity index (χ1) is 13.6. The van der Waals surface area contributed by atoms with Gasteiger partial charge in [0.25, 0.3) is 5.91 Å². The van der Waals surface area contributed by atoms with Crippen molar-refractivity contribution >= 4 is 35.0 Å². The van der Waals surface area contributed by atoms with Crippen molar-refractivity contribution in [3.8, 4) is 6.07 Å². The van der Waals surface area contributed by atoms with E-state index < -0.39 is 0 Å². The maximum atomic E-state index is 12.0. The van der Waals surface area contributed by atoms with Crippen LogP contribution < -0.4 is 15.5 Å². The average molecular weight is 413 g/mol. The molecule has 0 unspecified atom stereocenters. The van der Waals surface area contributed by atoms with Crippen LogP contribution in [0.2, 0.25) is 0 Å². The Balaban J connectivity index is 2.55. The lowest BCUT2D eigenvalue weighted by Crippen LogP contribution is -2.30. The smallest absolute Gasteiger partial charge is 0.251 e. The fraction of sp³-hybridized carbons (Fsp3) is 0.429. The van der Waals surface area contributed by atoms with Gasteiger partial charge in [-0.2, -0.15) is 5.26 Å². The van der Waals surface area contributed by atoms with Crippen molar-refractivity contribution in [1.29, 1.82) is 5.26 Å². The minimum Gasteiger partial charge on any atom is -0.358 e. The summed E-state index contributed by atoms with van der Waals surface area (Å²) in [6.07, 6.45) is 1.90. The van der Waals surface area contributed by atoms with E-state index in [9.17, 15) is 10.1 Å². The van der Waals surface area contributed by atoms with E-state index in [0.29, 0.717) is 27.9 Å². The maximum Gasteiger partial charge on any atom is 0.251 e. The molecule has 0 aliphatic carbocycles. The summed E-state index contributed by atoms with van der Waals surface area (Å²) in [7, 11) is 3.52. The van der Waals surface area contributed by atoms with E-state index in [0.717, 1.165) is 17.8 Å². The Kier molecular flexibility index (Phi) is 7.09. The standard InChI is InChI=1S/C21H28N6OS/c1-13-8-9-14(19(28)23-5)10-16(13)24-17-15(11-22)18(26-20(25-17)29-7)27(6)12-21(2,3)4/h8-10H,12H2,1-7H3,(H,23,28)(H,24,25,26). The molecule has 1 amide bonds. The maximum absolute atomic E-state index is 12.0. The third kappa shape index (κ3) is 5.61. The quantitative estimate of drug-likeness (QED) is 0.548.